The second-order valence-electron chi connectivity index (χ2n) is 7.17. The number of urea groups is 1. The predicted molar refractivity (Wildman–Crippen MR) is 109 cm³/mol. The molecular formula is C21H26N4O5. The Labute approximate surface area is 174 Å². The molecule has 0 unspecified atom stereocenters. The Kier molecular flexibility index (Phi) is 7.05. The van der Waals surface area contributed by atoms with Crippen LogP contribution in [0.5, 0.6) is 5.75 Å². The van der Waals surface area contributed by atoms with Crippen molar-refractivity contribution in [1.82, 2.24) is 20.4 Å². The molecule has 1 aliphatic rings. The van der Waals surface area contributed by atoms with E-state index in [-0.39, 0.29) is 17.5 Å². The number of amides is 3. The maximum absolute atomic E-state index is 12.5. The molecule has 1 saturated carbocycles. The minimum absolute atomic E-state index is 0.0624. The van der Waals surface area contributed by atoms with Gasteiger partial charge in [0, 0.05) is 6.04 Å². The van der Waals surface area contributed by atoms with Crippen molar-refractivity contribution in [3.05, 3.63) is 42.2 Å². The Hall–Kier alpha value is -3.36. The van der Waals surface area contributed by atoms with Gasteiger partial charge in [-0.1, -0.05) is 37.5 Å². The lowest BCUT2D eigenvalue weighted by Crippen LogP contribution is -2.48. The summed E-state index contributed by atoms with van der Waals surface area (Å²) < 4.78 is 11.9. The zero-order valence-electron chi connectivity index (χ0n) is 17.1. The van der Waals surface area contributed by atoms with Crippen LogP contribution in [0.15, 0.2) is 36.5 Å². The monoisotopic (exact) mass is 414 g/mol. The van der Waals surface area contributed by atoms with Crippen LogP contribution in [0, 0.1) is 0 Å². The Morgan fingerprint density at radius 2 is 1.83 bits per heavy atom. The molecule has 0 bridgehead atoms. The van der Waals surface area contributed by atoms with Crippen molar-refractivity contribution < 1.29 is 23.9 Å². The number of aromatic nitrogens is 2. The Balaban J connectivity index is 1.58. The summed E-state index contributed by atoms with van der Waals surface area (Å²) in [6.07, 6.45) is 5.45. The van der Waals surface area contributed by atoms with Crippen LogP contribution in [0.2, 0.25) is 0 Å². The van der Waals surface area contributed by atoms with Crippen LogP contribution in [-0.4, -0.2) is 46.9 Å². The second kappa shape index (κ2) is 9.91. The molecule has 160 valence electrons. The van der Waals surface area contributed by atoms with E-state index in [1.807, 2.05) is 30.3 Å². The molecule has 9 heteroatoms. The second-order valence-corrected chi connectivity index (χ2v) is 7.17. The molecule has 2 aromatic rings. The van der Waals surface area contributed by atoms with Gasteiger partial charge in [-0.05, 0) is 31.9 Å². The van der Waals surface area contributed by atoms with Gasteiger partial charge in [-0.25, -0.2) is 14.3 Å². The summed E-state index contributed by atoms with van der Waals surface area (Å²) >= 11 is 0. The number of methoxy groups -OCH3 is 1. The average Bonchev–Trinajstić information content (AvgIpc) is 3.19. The Morgan fingerprint density at radius 1 is 1.13 bits per heavy atom. The van der Waals surface area contributed by atoms with E-state index in [1.54, 1.807) is 6.20 Å². The smallest absolute Gasteiger partial charge is 0.363 e. The van der Waals surface area contributed by atoms with Gasteiger partial charge < -0.3 is 14.8 Å². The van der Waals surface area contributed by atoms with Crippen LogP contribution in [0.25, 0.3) is 5.69 Å². The van der Waals surface area contributed by atoms with E-state index in [1.165, 1.54) is 18.7 Å². The van der Waals surface area contributed by atoms with Crippen LogP contribution in [0.3, 0.4) is 0 Å². The van der Waals surface area contributed by atoms with Gasteiger partial charge in [0.05, 0.1) is 19.0 Å². The summed E-state index contributed by atoms with van der Waals surface area (Å²) in [7, 11) is 1.41. The van der Waals surface area contributed by atoms with Gasteiger partial charge in [-0.3, -0.25) is 10.1 Å². The number of rotatable bonds is 6. The molecule has 2 N–H and O–H groups in total. The van der Waals surface area contributed by atoms with Crippen molar-refractivity contribution in [2.75, 3.05) is 7.11 Å². The van der Waals surface area contributed by atoms with E-state index in [0.717, 1.165) is 37.8 Å². The van der Waals surface area contributed by atoms with Gasteiger partial charge in [0.15, 0.2) is 11.9 Å². The highest BCUT2D eigenvalue weighted by atomic mass is 16.6. The highest BCUT2D eigenvalue weighted by Gasteiger charge is 2.26. The van der Waals surface area contributed by atoms with E-state index < -0.39 is 24.0 Å². The third-order valence-corrected chi connectivity index (χ3v) is 4.94. The topological polar surface area (TPSA) is 112 Å². The largest absolute Gasteiger partial charge is 0.493 e. The van der Waals surface area contributed by atoms with E-state index in [9.17, 15) is 14.4 Å². The van der Waals surface area contributed by atoms with Gasteiger partial charge in [0.1, 0.15) is 0 Å². The summed E-state index contributed by atoms with van der Waals surface area (Å²) in [6, 6.07) is 8.67. The fourth-order valence-electron chi connectivity index (χ4n) is 3.31. The normalized spacial score (nSPS) is 15.1. The number of imide groups is 1. The van der Waals surface area contributed by atoms with Crippen LogP contribution in [0.4, 0.5) is 4.79 Å². The van der Waals surface area contributed by atoms with Crippen LogP contribution in [0.1, 0.15) is 49.5 Å². The first kappa shape index (κ1) is 21.4. The standard InChI is InChI=1S/C21H26N4O5/c1-14(19(26)23-21(28)22-15-9-5-3-6-10-15)30-20(27)18-17(29-2)13-25(24-18)16-11-7-4-8-12-16/h4,7-8,11-15H,3,5-6,9-10H2,1-2H3,(H2,22,23,26,28)/t14-/m0/s1. The van der Waals surface area contributed by atoms with Crippen LogP contribution < -0.4 is 15.4 Å². The van der Waals surface area contributed by atoms with Gasteiger partial charge >= 0.3 is 12.0 Å². The molecule has 1 heterocycles. The van der Waals surface area contributed by atoms with Gasteiger partial charge in [0.2, 0.25) is 5.69 Å². The molecule has 0 spiro atoms. The van der Waals surface area contributed by atoms with Crippen molar-refractivity contribution in [2.45, 2.75) is 51.2 Å². The molecule has 1 aromatic carbocycles. The maximum Gasteiger partial charge on any atom is 0.363 e. The van der Waals surface area contributed by atoms with Crippen LogP contribution >= 0.6 is 0 Å². The molecular weight excluding hydrogens is 388 g/mol. The number of para-hydroxylation sites is 1. The molecule has 3 rings (SSSR count). The summed E-state index contributed by atoms with van der Waals surface area (Å²) in [5, 5.41) is 9.21. The maximum atomic E-state index is 12.5. The molecule has 1 aromatic heterocycles. The third-order valence-electron chi connectivity index (χ3n) is 4.94. The summed E-state index contributed by atoms with van der Waals surface area (Å²) in [5.74, 6) is -1.32. The minimum atomic E-state index is -1.18. The van der Waals surface area contributed by atoms with Crippen molar-refractivity contribution in [3.8, 4) is 11.4 Å². The first-order valence-corrected chi connectivity index (χ1v) is 9.99. The van der Waals surface area contributed by atoms with Crippen molar-refractivity contribution >= 4 is 17.9 Å². The number of carbonyl (C=O) groups excluding carboxylic acids is 3. The van der Waals surface area contributed by atoms with E-state index in [0.29, 0.717) is 0 Å². The van der Waals surface area contributed by atoms with E-state index >= 15 is 0 Å². The average molecular weight is 414 g/mol. The summed E-state index contributed by atoms with van der Waals surface area (Å²) in [4.78, 5) is 36.8. The molecule has 3 amide bonds. The van der Waals surface area contributed by atoms with Gasteiger partial charge in [-0.15, -0.1) is 0 Å². The number of carbonyl (C=O) groups is 3. The molecule has 0 saturated heterocycles. The third kappa shape index (κ3) is 5.37. The fourth-order valence-corrected chi connectivity index (χ4v) is 3.31. The lowest BCUT2D eigenvalue weighted by Gasteiger charge is -2.23. The van der Waals surface area contributed by atoms with Crippen molar-refractivity contribution in [3.63, 3.8) is 0 Å². The quantitative estimate of drug-likeness (QED) is 0.703. The Morgan fingerprint density at radius 3 is 2.50 bits per heavy atom. The first-order chi connectivity index (χ1) is 14.5. The number of hydrogen-bond donors (Lipinski definition) is 2. The molecule has 0 radical (unpaired) electrons. The zero-order valence-corrected chi connectivity index (χ0v) is 17.1. The lowest BCUT2D eigenvalue weighted by molar-refractivity contribution is -0.127. The van der Waals surface area contributed by atoms with Crippen molar-refractivity contribution in [1.29, 1.82) is 0 Å². The highest BCUT2D eigenvalue weighted by Crippen LogP contribution is 2.21. The fraction of sp³-hybridized carbons (Fsp3) is 0.429. The highest BCUT2D eigenvalue weighted by molar-refractivity contribution is 5.98. The SMILES string of the molecule is COc1cn(-c2ccccc2)nc1C(=O)O[C@@H](C)C(=O)NC(=O)NC1CCCCC1. The van der Waals surface area contributed by atoms with E-state index in [2.05, 4.69) is 15.7 Å². The number of esters is 1. The first-order valence-electron chi connectivity index (χ1n) is 9.99. The lowest BCUT2D eigenvalue weighted by atomic mass is 9.96. The molecule has 30 heavy (non-hydrogen) atoms. The zero-order chi connectivity index (χ0) is 21.5. The van der Waals surface area contributed by atoms with Gasteiger partial charge in [0.25, 0.3) is 5.91 Å². The summed E-state index contributed by atoms with van der Waals surface area (Å²) in [5.41, 5.74) is 0.674. The Bertz CT molecular complexity index is 890. The van der Waals surface area contributed by atoms with Crippen molar-refractivity contribution in [2.24, 2.45) is 0 Å². The number of nitrogens with one attached hydrogen (secondary N) is 2. The molecule has 1 atom stereocenters. The summed E-state index contributed by atoms with van der Waals surface area (Å²) in [6.45, 7) is 1.39. The van der Waals surface area contributed by atoms with Gasteiger partial charge in [-0.2, -0.15) is 5.10 Å². The molecule has 0 aliphatic heterocycles. The number of nitrogens with zero attached hydrogens (tertiary/aromatic N) is 2. The van der Waals surface area contributed by atoms with Crippen LogP contribution in [-0.2, 0) is 9.53 Å². The molecule has 1 fully saturated rings. The predicted octanol–water partition coefficient (Wildman–Crippen LogP) is 2.58. The number of hydrogen-bond acceptors (Lipinski definition) is 6. The minimum Gasteiger partial charge on any atom is -0.493 e. The van der Waals surface area contributed by atoms with E-state index in [4.69, 9.17) is 9.47 Å². The number of ether oxygens (including phenoxy) is 2. The molecule has 1 aliphatic carbocycles. The number of benzene rings is 1. The molecule has 9 nitrogen and oxygen atoms in total.